The highest BCUT2D eigenvalue weighted by Gasteiger charge is 2.21. The third-order valence-electron chi connectivity index (χ3n) is 5.16. The number of hydrogen-bond donors (Lipinski definition) is 3. The molecule has 0 radical (unpaired) electrons. The van der Waals surface area contributed by atoms with E-state index in [1.165, 1.54) is 6.07 Å². The number of hydrogen-bond acceptors (Lipinski definition) is 4. The number of rotatable bonds is 5. The van der Waals surface area contributed by atoms with E-state index in [1.807, 2.05) is 24.3 Å². The van der Waals surface area contributed by atoms with E-state index in [-0.39, 0.29) is 18.5 Å². The van der Waals surface area contributed by atoms with E-state index in [0.717, 1.165) is 41.4 Å². The number of nitrogens with zero attached hydrogens (tertiary/aromatic N) is 2. The van der Waals surface area contributed by atoms with Gasteiger partial charge in [-0.3, -0.25) is 4.90 Å². The Balaban J connectivity index is 1.60. The lowest BCUT2D eigenvalue weighted by atomic mass is 10.1. The minimum Gasteiger partial charge on any atom is -0.395 e. The van der Waals surface area contributed by atoms with E-state index in [4.69, 9.17) is 0 Å². The molecule has 6 heteroatoms. The zero-order valence-corrected chi connectivity index (χ0v) is 14.6. The summed E-state index contributed by atoms with van der Waals surface area (Å²) in [6, 6.07) is 12.8. The Labute approximate surface area is 151 Å². The molecule has 3 N–H and O–H groups in total. The van der Waals surface area contributed by atoms with Gasteiger partial charge in [-0.2, -0.15) is 0 Å². The van der Waals surface area contributed by atoms with Crippen molar-refractivity contribution in [1.29, 1.82) is 0 Å². The molecule has 0 saturated carbocycles. The molecule has 2 atom stereocenters. The SMILES string of the molecule is OCC1CN(CC(O)Cn2c3ccccc3c3cc(F)ccc32)CCN1. The standard InChI is InChI=1S/C20H24FN3O2/c21-14-5-6-20-18(9-14)17-3-1-2-4-19(17)24(20)12-16(26)11-23-8-7-22-15(10-23)13-25/h1-6,9,15-16,22,25-26H,7-8,10-13H2. The van der Waals surface area contributed by atoms with Gasteiger partial charge in [-0.1, -0.05) is 18.2 Å². The van der Waals surface area contributed by atoms with Crippen LogP contribution in [-0.2, 0) is 6.54 Å². The van der Waals surface area contributed by atoms with Gasteiger partial charge in [0, 0.05) is 54.0 Å². The second-order valence-electron chi connectivity index (χ2n) is 7.04. The molecular formula is C20H24FN3O2. The molecule has 3 aromatic rings. The summed E-state index contributed by atoms with van der Waals surface area (Å²) in [4.78, 5) is 2.18. The number of fused-ring (bicyclic) bond motifs is 3. The van der Waals surface area contributed by atoms with Crippen molar-refractivity contribution in [2.75, 3.05) is 32.8 Å². The van der Waals surface area contributed by atoms with Crippen LogP contribution in [0.1, 0.15) is 0 Å². The Morgan fingerprint density at radius 2 is 1.92 bits per heavy atom. The molecule has 4 rings (SSSR count). The third kappa shape index (κ3) is 3.33. The fraction of sp³-hybridized carbons (Fsp3) is 0.400. The molecule has 1 aliphatic rings. The molecule has 0 amide bonds. The topological polar surface area (TPSA) is 60.7 Å². The van der Waals surface area contributed by atoms with Crippen LogP contribution in [0.3, 0.4) is 0 Å². The third-order valence-corrected chi connectivity index (χ3v) is 5.16. The van der Waals surface area contributed by atoms with Crippen molar-refractivity contribution in [2.45, 2.75) is 18.7 Å². The monoisotopic (exact) mass is 357 g/mol. The first-order valence-corrected chi connectivity index (χ1v) is 9.07. The highest BCUT2D eigenvalue weighted by atomic mass is 19.1. The van der Waals surface area contributed by atoms with Crippen molar-refractivity contribution in [2.24, 2.45) is 0 Å². The normalized spacial score (nSPS) is 20.0. The molecule has 138 valence electrons. The van der Waals surface area contributed by atoms with E-state index in [1.54, 1.807) is 12.1 Å². The summed E-state index contributed by atoms with van der Waals surface area (Å²) in [7, 11) is 0. The molecule has 1 aliphatic heterocycles. The number of halogens is 1. The highest BCUT2D eigenvalue weighted by molar-refractivity contribution is 6.08. The molecule has 1 fully saturated rings. The number of aliphatic hydroxyl groups is 2. The van der Waals surface area contributed by atoms with Crippen molar-refractivity contribution >= 4 is 21.8 Å². The zero-order valence-electron chi connectivity index (χ0n) is 14.6. The average molecular weight is 357 g/mol. The van der Waals surface area contributed by atoms with Gasteiger partial charge < -0.3 is 20.1 Å². The average Bonchev–Trinajstić information content (AvgIpc) is 2.95. The van der Waals surface area contributed by atoms with Crippen molar-refractivity contribution in [3.05, 3.63) is 48.3 Å². The lowest BCUT2D eigenvalue weighted by molar-refractivity contribution is 0.0740. The van der Waals surface area contributed by atoms with E-state index in [0.29, 0.717) is 13.1 Å². The highest BCUT2D eigenvalue weighted by Crippen LogP contribution is 2.29. The predicted molar refractivity (Wildman–Crippen MR) is 101 cm³/mol. The Hall–Kier alpha value is -1.99. The van der Waals surface area contributed by atoms with Gasteiger partial charge in [-0.05, 0) is 24.3 Å². The zero-order chi connectivity index (χ0) is 18.1. The summed E-state index contributed by atoms with van der Waals surface area (Å²) in [6.07, 6.45) is -0.545. The second-order valence-corrected chi connectivity index (χ2v) is 7.04. The summed E-state index contributed by atoms with van der Waals surface area (Å²) < 4.78 is 15.8. The quantitative estimate of drug-likeness (QED) is 0.649. The largest absolute Gasteiger partial charge is 0.395 e. The minimum atomic E-state index is -0.545. The van der Waals surface area contributed by atoms with Gasteiger partial charge in [0.2, 0.25) is 0 Å². The summed E-state index contributed by atoms with van der Waals surface area (Å²) in [6.45, 7) is 3.49. The molecule has 1 saturated heterocycles. The van der Waals surface area contributed by atoms with Gasteiger partial charge in [0.25, 0.3) is 0 Å². The van der Waals surface area contributed by atoms with Gasteiger partial charge in [0.15, 0.2) is 0 Å². The summed E-state index contributed by atoms with van der Waals surface area (Å²) in [5.74, 6) is -0.253. The number of benzene rings is 2. The molecule has 5 nitrogen and oxygen atoms in total. The van der Waals surface area contributed by atoms with Gasteiger partial charge in [-0.25, -0.2) is 4.39 Å². The van der Waals surface area contributed by atoms with Crippen LogP contribution in [0.15, 0.2) is 42.5 Å². The molecule has 2 aromatic carbocycles. The molecule has 0 aliphatic carbocycles. The Morgan fingerprint density at radius 1 is 1.12 bits per heavy atom. The van der Waals surface area contributed by atoms with E-state index < -0.39 is 6.10 Å². The fourth-order valence-electron chi connectivity index (χ4n) is 3.97. The van der Waals surface area contributed by atoms with Crippen LogP contribution in [0.25, 0.3) is 21.8 Å². The van der Waals surface area contributed by atoms with Gasteiger partial charge in [-0.15, -0.1) is 0 Å². The maximum absolute atomic E-state index is 13.7. The smallest absolute Gasteiger partial charge is 0.123 e. The van der Waals surface area contributed by atoms with Crippen molar-refractivity contribution in [3.63, 3.8) is 0 Å². The summed E-state index contributed by atoms with van der Waals surface area (Å²) in [5, 5.41) is 25.1. The predicted octanol–water partition coefficient (Wildman–Crippen LogP) is 1.56. The number of nitrogens with one attached hydrogen (secondary N) is 1. The molecule has 2 unspecified atom stereocenters. The number of aromatic nitrogens is 1. The van der Waals surface area contributed by atoms with Crippen LogP contribution in [0, 0.1) is 5.82 Å². The van der Waals surface area contributed by atoms with E-state index in [2.05, 4.69) is 14.8 Å². The molecule has 26 heavy (non-hydrogen) atoms. The molecule has 1 aromatic heterocycles. The maximum Gasteiger partial charge on any atom is 0.123 e. The Morgan fingerprint density at radius 3 is 2.77 bits per heavy atom. The fourth-order valence-corrected chi connectivity index (χ4v) is 3.97. The van der Waals surface area contributed by atoms with Gasteiger partial charge >= 0.3 is 0 Å². The maximum atomic E-state index is 13.7. The molecule has 2 heterocycles. The molecule has 0 spiro atoms. The van der Waals surface area contributed by atoms with Crippen LogP contribution >= 0.6 is 0 Å². The minimum absolute atomic E-state index is 0.0622. The van der Waals surface area contributed by atoms with Crippen molar-refractivity contribution in [3.8, 4) is 0 Å². The van der Waals surface area contributed by atoms with Crippen LogP contribution in [-0.4, -0.2) is 64.6 Å². The van der Waals surface area contributed by atoms with E-state index in [9.17, 15) is 14.6 Å². The number of piperazine rings is 1. The van der Waals surface area contributed by atoms with Crippen LogP contribution in [0.4, 0.5) is 4.39 Å². The first-order valence-electron chi connectivity index (χ1n) is 9.07. The summed E-state index contributed by atoms with van der Waals surface area (Å²) >= 11 is 0. The Bertz CT molecular complexity index is 911. The molecule has 0 bridgehead atoms. The van der Waals surface area contributed by atoms with Crippen molar-refractivity contribution in [1.82, 2.24) is 14.8 Å². The number of para-hydroxylation sites is 1. The van der Waals surface area contributed by atoms with Crippen molar-refractivity contribution < 1.29 is 14.6 Å². The number of aliphatic hydroxyl groups excluding tert-OH is 2. The first-order chi connectivity index (χ1) is 12.7. The van der Waals surface area contributed by atoms with Crippen LogP contribution in [0.2, 0.25) is 0 Å². The van der Waals surface area contributed by atoms with E-state index >= 15 is 0 Å². The summed E-state index contributed by atoms with van der Waals surface area (Å²) in [5.41, 5.74) is 1.93. The molecular weight excluding hydrogens is 333 g/mol. The van der Waals surface area contributed by atoms with Gasteiger partial charge in [0.05, 0.1) is 19.3 Å². The lowest BCUT2D eigenvalue weighted by Gasteiger charge is -2.34. The number of β-amino-alcohol motifs (C(OH)–C–C–N with tert-alkyl or cyclic N) is 1. The van der Waals surface area contributed by atoms with Crippen LogP contribution in [0.5, 0.6) is 0 Å². The lowest BCUT2D eigenvalue weighted by Crippen LogP contribution is -2.54. The first kappa shape index (κ1) is 17.4. The Kier molecular flexibility index (Phi) is 4.91. The second kappa shape index (κ2) is 7.32. The van der Waals surface area contributed by atoms with Crippen LogP contribution < -0.4 is 5.32 Å². The van der Waals surface area contributed by atoms with Gasteiger partial charge in [0.1, 0.15) is 5.82 Å².